The molecule has 0 spiro atoms. The van der Waals surface area contributed by atoms with E-state index >= 15 is 0 Å². The summed E-state index contributed by atoms with van der Waals surface area (Å²) in [6, 6.07) is 15.0. The van der Waals surface area contributed by atoms with Crippen LogP contribution < -0.4 is 10.1 Å². The second-order valence-electron chi connectivity index (χ2n) is 6.16. The summed E-state index contributed by atoms with van der Waals surface area (Å²) < 4.78 is 20.4. The maximum absolute atomic E-state index is 13.1. The monoisotopic (exact) mass is 353 g/mol. The predicted octanol–water partition coefficient (Wildman–Crippen LogP) is 4.27. The molecule has 0 unspecified atom stereocenters. The summed E-state index contributed by atoms with van der Waals surface area (Å²) in [6.07, 6.45) is -0.00650. The Balaban J connectivity index is 1.84. The van der Waals surface area contributed by atoms with Gasteiger partial charge in [-0.2, -0.15) is 5.10 Å². The molecule has 134 valence electrons. The molecule has 3 aromatic rings. The zero-order valence-corrected chi connectivity index (χ0v) is 14.9. The lowest BCUT2D eigenvalue weighted by molar-refractivity contribution is 0.102. The molecule has 0 aliphatic carbocycles. The van der Waals surface area contributed by atoms with E-state index in [0.717, 1.165) is 11.3 Å². The standard InChI is InChI=1S/C20H20FN3O2/c1-13(2)26-19-7-5-4-6-16(19)22-20(25)17-12-18(24(3)23-17)14-8-10-15(21)11-9-14/h4-13H,1-3H3,(H,22,25). The van der Waals surface area contributed by atoms with Crippen molar-refractivity contribution in [3.05, 3.63) is 66.1 Å². The van der Waals surface area contributed by atoms with Crippen LogP contribution in [0.1, 0.15) is 24.3 Å². The molecule has 0 fully saturated rings. The second kappa shape index (κ2) is 7.39. The lowest BCUT2D eigenvalue weighted by Crippen LogP contribution is -2.15. The zero-order valence-electron chi connectivity index (χ0n) is 14.9. The Morgan fingerprint density at radius 3 is 2.54 bits per heavy atom. The first-order valence-electron chi connectivity index (χ1n) is 8.31. The number of ether oxygens (including phenoxy) is 1. The number of carbonyl (C=O) groups excluding carboxylic acids is 1. The number of carbonyl (C=O) groups is 1. The van der Waals surface area contributed by atoms with Gasteiger partial charge in [0.15, 0.2) is 5.69 Å². The van der Waals surface area contributed by atoms with E-state index in [0.29, 0.717) is 11.4 Å². The van der Waals surface area contributed by atoms with Gasteiger partial charge in [0, 0.05) is 7.05 Å². The Labute approximate surface area is 151 Å². The van der Waals surface area contributed by atoms with Crippen LogP contribution in [0.5, 0.6) is 5.75 Å². The number of rotatable bonds is 5. The third kappa shape index (κ3) is 3.91. The number of aromatic nitrogens is 2. The average Bonchev–Trinajstić information content (AvgIpc) is 2.99. The molecule has 0 aliphatic rings. The molecule has 0 aliphatic heterocycles. The third-order valence-electron chi connectivity index (χ3n) is 3.75. The van der Waals surface area contributed by atoms with Crippen LogP contribution in [0.4, 0.5) is 10.1 Å². The summed E-state index contributed by atoms with van der Waals surface area (Å²) in [4.78, 5) is 12.6. The van der Waals surface area contributed by atoms with Gasteiger partial charge in [-0.1, -0.05) is 12.1 Å². The number of halogens is 1. The van der Waals surface area contributed by atoms with Crippen LogP contribution in [0, 0.1) is 5.82 Å². The van der Waals surface area contributed by atoms with E-state index in [-0.39, 0.29) is 23.5 Å². The van der Waals surface area contributed by atoms with Crippen LogP contribution >= 0.6 is 0 Å². The fraction of sp³-hybridized carbons (Fsp3) is 0.200. The summed E-state index contributed by atoms with van der Waals surface area (Å²) >= 11 is 0. The van der Waals surface area contributed by atoms with Crippen molar-refractivity contribution >= 4 is 11.6 Å². The summed E-state index contributed by atoms with van der Waals surface area (Å²) in [5.74, 6) is -0.0463. The molecule has 0 saturated carbocycles. The lowest BCUT2D eigenvalue weighted by Gasteiger charge is -2.14. The summed E-state index contributed by atoms with van der Waals surface area (Å²) in [5, 5.41) is 7.10. The first-order chi connectivity index (χ1) is 12.4. The van der Waals surface area contributed by atoms with Crippen LogP contribution in [0.3, 0.4) is 0 Å². The van der Waals surface area contributed by atoms with E-state index in [1.807, 2.05) is 26.0 Å². The van der Waals surface area contributed by atoms with Gasteiger partial charge in [0.2, 0.25) is 0 Å². The molecule has 1 heterocycles. The van der Waals surface area contributed by atoms with Gasteiger partial charge in [-0.25, -0.2) is 4.39 Å². The molecule has 0 saturated heterocycles. The zero-order chi connectivity index (χ0) is 18.7. The number of benzene rings is 2. The minimum absolute atomic E-state index is 0.00650. The second-order valence-corrected chi connectivity index (χ2v) is 6.16. The molecule has 0 bridgehead atoms. The molecule has 1 aromatic heterocycles. The molecule has 0 atom stereocenters. The SMILES string of the molecule is CC(C)Oc1ccccc1NC(=O)c1cc(-c2ccc(F)cc2)n(C)n1. The van der Waals surface area contributed by atoms with Crippen LogP contribution in [-0.2, 0) is 7.05 Å². The van der Waals surface area contributed by atoms with Crippen LogP contribution in [0.15, 0.2) is 54.6 Å². The Morgan fingerprint density at radius 2 is 1.85 bits per heavy atom. The van der Waals surface area contributed by atoms with Gasteiger partial charge in [-0.05, 0) is 61.9 Å². The Bertz CT molecular complexity index is 917. The van der Waals surface area contributed by atoms with Crippen molar-refractivity contribution in [1.82, 2.24) is 9.78 Å². The van der Waals surface area contributed by atoms with Crippen LogP contribution in [0.25, 0.3) is 11.3 Å². The molecule has 6 heteroatoms. The Kier molecular flexibility index (Phi) is 5.02. The molecule has 1 N–H and O–H groups in total. The number of para-hydroxylation sites is 2. The first-order valence-corrected chi connectivity index (χ1v) is 8.31. The number of nitrogens with one attached hydrogen (secondary N) is 1. The minimum atomic E-state index is -0.339. The van der Waals surface area contributed by atoms with Gasteiger partial charge in [0.1, 0.15) is 11.6 Å². The van der Waals surface area contributed by atoms with Crippen molar-refractivity contribution in [1.29, 1.82) is 0 Å². The highest BCUT2D eigenvalue weighted by atomic mass is 19.1. The number of hydrogen-bond donors (Lipinski definition) is 1. The van der Waals surface area contributed by atoms with Crippen LogP contribution in [0.2, 0.25) is 0 Å². The fourth-order valence-corrected chi connectivity index (χ4v) is 2.58. The molecule has 2 aromatic carbocycles. The van der Waals surface area contributed by atoms with Gasteiger partial charge < -0.3 is 10.1 Å². The highest BCUT2D eigenvalue weighted by Gasteiger charge is 2.16. The van der Waals surface area contributed by atoms with E-state index in [2.05, 4.69) is 10.4 Å². The average molecular weight is 353 g/mol. The van der Waals surface area contributed by atoms with Crippen LogP contribution in [-0.4, -0.2) is 21.8 Å². The van der Waals surface area contributed by atoms with Gasteiger partial charge in [-0.15, -0.1) is 0 Å². The maximum Gasteiger partial charge on any atom is 0.276 e. The summed E-state index contributed by atoms with van der Waals surface area (Å²) in [5.41, 5.74) is 2.36. The number of aryl methyl sites for hydroxylation is 1. The van der Waals surface area contributed by atoms with E-state index in [4.69, 9.17) is 4.74 Å². The Hall–Kier alpha value is -3.15. The Morgan fingerprint density at radius 1 is 1.15 bits per heavy atom. The molecule has 3 rings (SSSR count). The third-order valence-corrected chi connectivity index (χ3v) is 3.75. The summed E-state index contributed by atoms with van der Waals surface area (Å²) in [7, 11) is 1.74. The first kappa shape index (κ1) is 17.7. The molecule has 0 radical (unpaired) electrons. The minimum Gasteiger partial charge on any atom is -0.489 e. The molecule has 5 nitrogen and oxygen atoms in total. The van der Waals surface area contributed by atoms with Crippen molar-refractivity contribution in [3.8, 4) is 17.0 Å². The topological polar surface area (TPSA) is 56.1 Å². The van der Waals surface area contributed by atoms with Crippen molar-refractivity contribution in [2.45, 2.75) is 20.0 Å². The largest absolute Gasteiger partial charge is 0.489 e. The van der Waals surface area contributed by atoms with Crippen molar-refractivity contribution in [3.63, 3.8) is 0 Å². The van der Waals surface area contributed by atoms with E-state index in [1.165, 1.54) is 12.1 Å². The van der Waals surface area contributed by atoms with Gasteiger partial charge in [-0.3, -0.25) is 9.48 Å². The van der Waals surface area contributed by atoms with Gasteiger partial charge in [0.05, 0.1) is 17.5 Å². The normalized spacial score (nSPS) is 10.8. The van der Waals surface area contributed by atoms with Crippen molar-refractivity contribution in [2.75, 3.05) is 5.32 Å². The molecule has 26 heavy (non-hydrogen) atoms. The smallest absolute Gasteiger partial charge is 0.276 e. The number of nitrogens with zero attached hydrogens (tertiary/aromatic N) is 2. The van der Waals surface area contributed by atoms with E-state index < -0.39 is 0 Å². The molecule has 1 amide bonds. The number of hydrogen-bond acceptors (Lipinski definition) is 3. The van der Waals surface area contributed by atoms with Gasteiger partial charge >= 0.3 is 0 Å². The van der Waals surface area contributed by atoms with E-state index in [9.17, 15) is 9.18 Å². The van der Waals surface area contributed by atoms with Crippen molar-refractivity contribution in [2.24, 2.45) is 7.05 Å². The lowest BCUT2D eigenvalue weighted by atomic mass is 10.1. The molecular weight excluding hydrogens is 333 g/mol. The quantitative estimate of drug-likeness (QED) is 0.745. The molecular formula is C20H20FN3O2. The predicted molar refractivity (Wildman–Crippen MR) is 98.8 cm³/mol. The van der Waals surface area contributed by atoms with E-state index in [1.54, 1.807) is 42.1 Å². The highest BCUT2D eigenvalue weighted by molar-refractivity contribution is 6.04. The summed E-state index contributed by atoms with van der Waals surface area (Å²) in [6.45, 7) is 3.85. The fourth-order valence-electron chi connectivity index (χ4n) is 2.58. The number of amides is 1. The highest BCUT2D eigenvalue weighted by Crippen LogP contribution is 2.26. The van der Waals surface area contributed by atoms with Gasteiger partial charge in [0.25, 0.3) is 5.91 Å². The maximum atomic E-state index is 13.1. The van der Waals surface area contributed by atoms with Crippen molar-refractivity contribution < 1.29 is 13.9 Å². The number of anilines is 1.